The van der Waals surface area contributed by atoms with Gasteiger partial charge in [0.15, 0.2) is 15.8 Å². The first-order valence-electron chi connectivity index (χ1n) is 12.7. The first kappa shape index (κ1) is 25.4. The molecule has 4 N–H and O–H groups in total. The van der Waals surface area contributed by atoms with Crippen molar-refractivity contribution in [3.63, 3.8) is 0 Å². The quantitative estimate of drug-likeness (QED) is 0.474. The van der Waals surface area contributed by atoms with Crippen LogP contribution in [-0.2, 0) is 21.1 Å². The molecule has 3 atom stereocenters. The summed E-state index contributed by atoms with van der Waals surface area (Å²) in [4.78, 5) is 28.0. The number of hydrogen-bond donors (Lipinski definition) is 4. The monoisotopic (exact) mass is 524 g/mol. The van der Waals surface area contributed by atoms with Crippen molar-refractivity contribution in [2.24, 2.45) is 0 Å². The van der Waals surface area contributed by atoms with Gasteiger partial charge in [-0.2, -0.15) is 0 Å². The minimum absolute atomic E-state index is 0.0456. The zero-order valence-electron chi connectivity index (χ0n) is 21.0. The van der Waals surface area contributed by atoms with Gasteiger partial charge >= 0.3 is 0 Å². The van der Waals surface area contributed by atoms with Gasteiger partial charge < -0.3 is 15.7 Å². The van der Waals surface area contributed by atoms with Gasteiger partial charge in [-0.15, -0.1) is 0 Å². The maximum absolute atomic E-state index is 13.3. The number of nitrogens with zero attached hydrogens (tertiary/aromatic N) is 1. The van der Waals surface area contributed by atoms with E-state index in [4.69, 9.17) is 5.41 Å². The summed E-state index contributed by atoms with van der Waals surface area (Å²) in [5, 5.41) is 25.3. The molecule has 1 fully saturated rings. The lowest BCUT2D eigenvalue weighted by Gasteiger charge is -2.45. The van der Waals surface area contributed by atoms with E-state index in [0.29, 0.717) is 24.8 Å². The highest BCUT2D eigenvalue weighted by molar-refractivity contribution is 7.91. The third kappa shape index (κ3) is 4.31. The number of aliphatic hydroxyl groups excluding tert-OH is 1. The highest BCUT2D eigenvalue weighted by atomic mass is 32.2. The number of rotatable bonds is 5. The molecule has 1 saturated heterocycles. The molecule has 37 heavy (non-hydrogen) atoms. The van der Waals surface area contributed by atoms with Crippen molar-refractivity contribution in [1.29, 1.82) is 5.41 Å². The molecule has 1 aliphatic carbocycles. The number of sulfone groups is 1. The van der Waals surface area contributed by atoms with Crippen LogP contribution in [0.15, 0.2) is 47.4 Å². The van der Waals surface area contributed by atoms with Crippen LogP contribution in [0.5, 0.6) is 0 Å². The van der Waals surface area contributed by atoms with Crippen LogP contribution in [0.2, 0.25) is 0 Å². The Morgan fingerprint density at radius 1 is 1.19 bits per heavy atom. The molecule has 9 nitrogen and oxygen atoms in total. The standard InChI is InChI=1S/C27H32N4O5S/c1-3-27(4-2)15-23(33)31(26(28)30-27)20-11-12-37(35,36)22-10-9-17(13-19(20)22)25(34)29-24-18-8-6-5-7-16(18)14-21(24)32/h5-10,13,20-21,24,32H,3-4,11-12,14-15H2,1-2H3,(H2,28,30)(H,29,34)/t20-,21+,24+/m0/s1. The zero-order chi connectivity index (χ0) is 26.5. The number of amides is 2. The van der Waals surface area contributed by atoms with E-state index in [1.165, 1.54) is 23.1 Å². The number of aliphatic hydroxyl groups is 1. The van der Waals surface area contributed by atoms with Crippen LogP contribution >= 0.6 is 0 Å². The summed E-state index contributed by atoms with van der Waals surface area (Å²) in [6.45, 7) is 3.94. The molecular weight excluding hydrogens is 492 g/mol. The van der Waals surface area contributed by atoms with E-state index in [1.54, 1.807) is 0 Å². The lowest BCUT2D eigenvalue weighted by molar-refractivity contribution is -0.132. The fourth-order valence-corrected chi connectivity index (χ4v) is 7.45. The van der Waals surface area contributed by atoms with E-state index < -0.39 is 39.5 Å². The normalized spacial score (nSPS) is 25.7. The number of hydrogen-bond acceptors (Lipinski definition) is 6. The van der Waals surface area contributed by atoms with Crippen LogP contribution in [0.3, 0.4) is 0 Å². The molecule has 2 aromatic carbocycles. The van der Waals surface area contributed by atoms with Gasteiger partial charge in [0.1, 0.15) is 0 Å². The summed E-state index contributed by atoms with van der Waals surface area (Å²) in [6, 6.07) is 10.7. The average Bonchev–Trinajstić information content (AvgIpc) is 3.19. The molecule has 2 aliphatic heterocycles. The Morgan fingerprint density at radius 2 is 1.92 bits per heavy atom. The first-order valence-corrected chi connectivity index (χ1v) is 14.4. The van der Waals surface area contributed by atoms with Crippen LogP contribution in [0.25, 0.3) is 0 Å². The van der Waals surface area contributed by atoms with Crippen molar-refractivity contribution in [3.05, 3.63) is 64.7 Å². The Bertz CT molecular complexity index is 1360. The molecule has 10 heteroatoms. The number of carbonyl (C=O) groups is 2. The lowest BCUT2D eigenvalue weighted by atomic mass is 9.86. The van der Waals surface area contributed by atoms with Gasteiger partial charge in [0.25, 0.3) is 5.91 Å². The summed E-state index contributed by atoms with van der Waals surface area (Å²) in [5.74, 6) is -0.871. The van der Waals surface area contributed by atoms with E-state index in [0.717, 1.165) is 11.1 Å². The Kier molecular flexibility index (Phi) is 6.35. The average molecular weight is 525 g/mol. The van der Waals surface area contributed by atoms with Crippen molar-refractivity contribution in [2.75, 3.05) is 5.75 Å². The Labute approximate surface area is 216 Å². The third-order valence-electron chi connectivity index (χ3n) is 8.16. The van der Waals surface area contributed by atoms with Crippen LogP contribution in [0.1, 0.15) is 78.7 Å². The maximum Gasteiger partial charge on any atom is 0.251 e. The smallest absolute Gasteiger partial charge is 0.251 e. The second kappa shape index (κ2) is 9.25. The Morgan fingerprint density at radius 3 is 2.62 bits per heavy atom. The van der Waals surface area contributed by atoms with Gasteiger partial charge in [-0.25, -0.2) is 8.42 Å². The number of fused-ring (bicyclic) bond motifs is 2. The SMILES string of the molecule is CCC1(CC)CC(=O)N([C@H]2CCS(=O)(=O)c3ccc(C(=O)N[C@@H]4c5ccccc5C[C@H]4O)cc32)C(=N)N1. The van der Waals surface area contributed by atoms with Crippen molar-refractivity contribution in [3.8, 4) is 0 Å². The van der Waals surface area contributed by atoms with E-state index in [1.807, 2.05) is 38.1 Å². The van der Waals surface area contributed by atoms with E-state index in [9.17, 15) is 23.1 Å². The summed E-state index contributed by atoms with van der Waals surface area (Å²) in [5.41, 5.74) is 1.91. The zero-order valence-corrected chi connectivity index (χ0v) is 21.8. The molecule has 2 heterocycles. The summed E-state index contributed by atoms with van der Waals surface area (Å²) in [6.07, 6.45) is 1.39. The second-order valence-electron chi connectivity index (χ2n) is 10.2. The predicted octanol–water partition coefficient (Wildman–Crippen LogP) is 2.61. The molecule has 2 aromatic rings. The molecule has 0 unspecified atom stereocenters. The lowest BCUT2D eigenvalue weighted by Crippen LogP contribution is -2.62. The number of nitrogens with one attached hydrogen (secondary N) is 3. The molecule has 3 aliphatic rings. The molecular formula is C27H32N4O5S. The highest BCUT2D eigenvalue weighted by Crippen LogP contribution is 2.40. The molecule has 0 bridgehead atoms. The third-order valence-corrected chi connectivity index (χ3v) is 9.98. The molecule has 2 amide bonds. The molecule has 0 spiro atoms. The second-order valence-corrected chi connectivity index (χ2v) is 12.3. The Balaban J connectivity index is 1.47. The fraction of sp³-hybridized carbons (Fsp3) is 0.444. The number of carbonyl (C=O) groups excluding carboxylic acids is 2. The predicted molar refractivity (Wildman–Crippen MR) is 138 cm³/mol. The summed E-state index contributed by atoms with van der Waals surface area (Å²) in [7, 11) is -3.59. The topological polar surface area (TPSA) is 140 Å². The van der Waals surface area contributed by atoms with E-state index >= 15 is 0 Å². The van der Waals surface area contributed by atoms with Gasteiger partial charge in [0, 0.05) is 17.5 Å². The highest BCUT2D eigenvalue weighted by Gasteiger charge is 2.45. The summed E-state index contributed by atoms with van der Waals surface area (Å²) < 4.78 is 25.8. The maximum atomic E-state index is 13.3. The van der Waals surface area contributed by atoms with Crippen LogP contribution < -0.4 is 10.6 Å². The molecule has 0 radical (unpaired) electrons. The minimum Gasteiger partial charge on any atom is -0.390 e. The summed E-state index contributed by atoms with van der Waals surface area (Å²) >= 11 is 0. The van der Waals surface area contributed by atoms with Crippen LogP contribution in [0.4, 0.5) is 0 Å². The molecule has 0 aromatic heterocycles. The van der Waals surface area contributed by atoms with Crippen LogP contribution in [0, 0.1) is 5.41 Å². The van der Waals surface area contributed by atoms with Gasteiger partial charge in [0.05, 0.1) is 35.3 Å². The fourth-order valence-electron chi connectivity index (χ4n) is 5.87. The van der Waals surface area contributed by atoms with Crippen molar-refractivity contribution >= 4 is 27.6 Å². The van der Waals surface area contributed by atoms with E-state index in [-0.39, 0.29) is 40.9 Å². The van der Waals surface area contributed by atoms with Gasteiger partial charge in [0.2, 0.25) is 5.91 Å². The molecule has 0 saturated carbocycles. The van der Waals surface area contributed by atoms with Crippen molar-refractivity contribution < 1.29 is 23.1 Å². The first-order chi connectivity index (χ1) is 17.6. The minimum atomic E-state index is -3.59. The largest absolute Gasteiger partial charge is 0.390 e. The number of benzene rings is 2. The van der Waals surface area contributed by atoms with E-state index in [2.05, 4.69) is 10.6 Å². The van der Waals surface area contributed by atoms with Gasteiger partial charge in [-0.1, -0.05) is 38.1 Å². The van der Waals surface area contributed by atoms with Crippen molar-refractivity contribution in [1.82, 2.24) is 15.5 Å². The van der Waals surface area contributed by atoms with Gasteiger partial charge in [-0.3, -0.25) is 19.9 Å². The Hall–Kier alpha value is -3.24. The number of guanidine groups is 1. The molecule has 5 rings (SSSR count). The molecule has 196 valence electrons. The van der Waals surface area contributed by atoms with Crippen molar-refractivity contribution in [2.45, 2.75) is 74.6 Å². The van der Waals surface area contributed by atoms with Crippen LogP contribution in [-0.4, -0.2) is 53.6 Å². The van der Waals surface area contributed by atoms with Gasteiger partial charge in [-0.05, 0) is 54.2 Å².